The summed E-state index contributed by atoms with van der Waals surface area (Å²) in [7, 11) is 0. The smallest absolute Gasteiger partial charge is 0.00723 e. The third-order valence-corrected chi connectivity index (χ3v) is 8.02. The lowest BCUT2D eigenvalue weighted by atomic mass is 10.1. The predicted molar refractivity (Wildman–Crippen MR) is 145 cm³/mol. The van der Waals surface area contributed by atoms with Crippen LogP contribution in [0, 0.1) is 0 Å². The molecule has 0 fully saturated rings. The number of unbranched alkanes of at least 4 members (excludes halogenated alkanes) is 11. The molecule has 0 N–H and O–H groups in total. The van der Waals surface area contributed by atoms with Crippen molar-refractivity contribution in [1.82, 2.24) is 0 Å². The van der Waals surface area contributed by atoms with Gasteiger partial charge in [0.1, 0.15) is 0 Å². The van der Waals surface area contributed by atoms with Gasteiger partial charge < -0.3 is 0 Å². The summed E-state index contributed by atoms with van der Waals surface area (Å²) in [5.74, 6) is 2.49. The van der Waals surface area contributed by atoms with Gasteiger partial charge in [-0.05, 0) is 59.7 Å². The van der Waals surface area contributed by atoms with Gasteiger partial charge in [-0.3, -0.25) is 0 Å². The SMILES string of the molecule is CCCCCCCCCSc1ccc(-c2ccc(SCCCCCCCC)cc2)cc1. The second-order valence-corrected chi connectivity index (χ2v) is 11.0. The van der Waals surface area contributed by atoms with Crippen LogP contribution in [0.4, 0.5) is 0 Å². The van der Waals surface area contributed by atoms with E-state index in [1.54, 1.807) is 0 Å². The molecular weight excluding hydrogens is 412 g/mol. The van der Waals surface area contributed by atoms with Gasteiger partial charge in [0.15, 0.2) is 0 Å². The lowest BCUT2D eigenvalue weighted by Gasteiger charge is -2.07. The van der Waals surface area contributed by atoms with Crippen LogP contribution in [0.1, 0.15) is 97.3 Å². The minimum absolute atomic E-state index is 1.25. The fourth-order valence-corrected chi connectivity index (χ4v) is 5.63. The summed E-state index contributed by atoms with van der Waals surface area (Å²) in [6.07, 6.45) is 18.0. The zero-order valence-electron chi connectivity index (χ0n) is 20.0. The lowest BCUT2D eigenvalue weighted by molar-refractivity contribution is 0.603. The average molecular weight is 457 g/mol. The van der Waals surface area contributed by atoms with Crippen molar-refractivity contribution in [1.29, 1.82) is 0 Å². The molecule has 0 aliphatic rings. The first-order valence-electron chi connectivity index (χ1n) is 12.8. The number of hydrogen-bond donors (Lipinski definition) is 0. The highest BCUT2D eigenvalue weighted by Crippen LogP contribution is 2.28. The van der Waals surface area contributed by atoms with Crippen LogP contribution in [-0.4, -0.2) is 11.5 Å². The van der Waals surface area contributed by atoms with E-state index >= 15 is 0 Å². The number of benzene rings is 2. The molecule has 172 valence electrons. The molecule has 2 aromatic rings. The monoisotopic (exact) mass is 456 g/mol. The van der Waals surface area contributed by atoms with E-state index in [0.717, 1.165) is 0 Å². The van der Waals surface area contributed by atoms with Crippen molar-refractivity contribution in [3.05, 3.63) is 48.5 Å². The first kappa shape index (κ1) is 26.4. The van der Waals surface area contributed by atoms with Crippen LogP contribution in [0.5, 0.6) is 0 Å². The van der Waals surface area contributed by atoms with Gasteiger partial charge in [-0.2, -0.15) is 0 Å². The van der Waals surface area contributed by atoms with Crippen LogP contribution in [0.2, 0.25) is 0 Å². The van der Waals surface area contributed by atoms with Gasteiger partial charge >= 0.3 is 0 Å². The van der Waals surface area contributed by atoms with E-state index in [0.29, 0.717) is 0 Å². The van der Waals surface area contributed by atoms with E-state index in [4.69, 9.17) is 0 Å². The molecule has 0 unspecified atom stereocenters. The van der Waals surface area contributed by atoms with Crippen molar-refractivity contribution in [3.8, 4) is 11.1 Å². The van der Waals surface area contributed by atoms with Gasteiger partial charge in [0.25, 0.3) is 0 Å². The highest BCUT2D eigenvalue weighted by atomic mass is 32.2. The molecular formula is C29H44S2. The molecule has 0 bridgehead atoms. The van der Waals surface area contributed by atoms with Gasteiger partial charge in [0.05, 0.1) is 0 Å². The molecule has 0 saturated carbocycles. The first-order valence-corrected chi connectivity index (χ1v) is 14.8. The third kappa shape index (κ3) is 12.1. The predicted octanol–water partition coefficient (Wildman–Crippen LogP) is 10.6. The Hall–Kier alpha value is -0.860. The maximum absolute atomic E-state index is 2.29. The highest BCUT2D eigenvalue weighted by molar-refractivity contribution is 7.99. The summed E-state index contributed by atoms with van der Waals surface area (Å²) in [4.78, 5) is 2.81. The summed E-state index contributed by atoms with van der Waals surface area (Å²) in [5.41, 5.74) is 2.65. The zero-order valence-corrected chi connectivity index (χ0v) is 21.7. The minimum atomic E-state index is 1.25. The van der Waals surface area contributed by atoms with Crippen molar-refractivity contribution in [2.24, 2.45) is 0 Å². The molecule has 31 heavy (non-hydrogen) atoms. The first-order chi connectivity index (χ1) is 15.3. The fourth-order valence-electron chi connectivity index (χ4n) is 3.81. The van der Waals surface area contributed by atoms with Crippen LogP contribution >= 0.6 is 23.5 Å². The largest absolute Gasteiger partial charge is 0.126 e. The fraction of sp³-hybridized carbons (Fsp3) is 0.586. The van der Waals surface area contributed by atoms with E-state index in [-0.39, 0.29) is 0 Å². The second kappa shape index (κ2) is 17.7. The molecule has 2 rings (SSSR count). The lowest BCUT2D eigenvalue weighted by Crippen LogP contribution is -1.84. The minimum Gasteiger partial charge on any atom is -0.126 e. The molecule has 0 amide bonds. The maximum atomic E-state index is 2.29. The molecule has 0 saturated heterocycles. The second-order valence-electron chi connectivity index (χ2n) is 8.63. The maximum Gasteiger partial charge on any atom is 0.00723 e. The summed E-state index contributed by atoms with van der Waals surface area (Å²) in [6.45, 7) is 4.57. The molecule has 0 spiro atoms. The zero-order chi connectivity index (χ0) is 22.0. The third-order valence-electron chi connectivity index (χ3n) is 5.83. The van der Waals surface area contributed by atoms with Crippen LogP contribution in [0.15, 0.2) is 58.3 Å². The molecule has 0 aromatic heterocycles. The molecule has 0 nitrogen and oxygen atoms in total. The van der Waals surface area contributed by atoms with Crippen molar-refractivity contribution < 1.29 is 0 Å². The van der Waals surface area contributed by atoms with Crippen LogP contribution in [0.3, 0.4) is 0 Å². The Morgan fingerprint density at radius 1 is 0.419 bits per heavy atom. The quantitative estimate of drug-likeness (QED) is 0.161. The van der Waals surface area contributed by atoms with Gasteiger partial charge in [-0.1, -0.05) is 109 Å². The van der Waals surface area contributed by atoms with Gasteiger partial charge in [-0.15, -0.1) is 23.5 Å². The van der Waals surface area contributed by atoms with Crippen molar-refractivity contribution in [3.63, 3.8) is 0 Å². The van der Waals surface area contributed by atoms with E-state index in [2.05, 4.69) is 62.4 Å². The van der Waals surface area contributed by atoms with E-state index in [1.807, 2.05) is 23.5 Å². The van der Waals surface area contributed by atoms with Gasteiger partial charge in [0, 0.05) is 9.79 Å². The number of thioether (sulfide) groups is 2. The van der Waals surface area contributed by atoms with Gasteiger partial charge in [0.2, 0.25) is 0 Å². The Morgan fingerprint density at radius 3 is 1.10 bits per heavy atom. The molecule has 0 heterocycles. The Bertz CT molecular complexity index is 660. The Balaban J connectivity index is 1.63. The van der Waals surface area contributed by atoms with Crippen LogP contribution < -0.4 is 0 Å². The Labute approximate surface area is 201 Å². The van der Waals surface area contributed by atoms with E-state index in [9.17, 15) is 0 Å². The number of rotatable bonds is 18. The standard InChI is InChI=1S/C29H44S2/c1-3-5-7-9-11-13-15-25-31-29-22-18-27(19-23-29)26-16-20-28(21-17-26)30-24-14-12-10-8-6-4-2/h16-23H,3-15,24-25H2,1-2H3. The van der Waals surface area contributed by atoms with E-state index in [1.165, 1.54) is 116 Å². The summed E-state index contributed by atoms with van der Waals surface area (Å²) < 4.78 is 0. The molecule has 2 aromatic carbocycles. The normalized spacial score (nSPS) is 11.2. The van der Waals surface area contributed by atoms with Crippen molar-refractivity contribution >= 4 is 23.5 Å². The molecule has 0 atom stereocenters. The Morgan fingerprint density at radius 2 is 0.742 bits per heavy atom. The summed E-state index contributed by atoms with van der Waals surface area (Å²) >= 11 is 4.01. The van der Waals surface area contributed by atoms with Gasteiger partial charge in [-0.25, -0.2) is 0 Å². The summed E-state index contributed by atoms with van der Waals surface area (Å²) in [5, 5.41) is 0. The topological polar surface area (TPSA) is 0 Å². The highest BCUT2D eigenvalue weighted by Gasteiger charge is 2.01. The summed E-state index contributed by atoms with van der Waals surface area (Å²) in [6, 6.07) is 18.3. The molecule has 0 radical (unpaired) electrons. The Kier molecular flexibility index (Phi) is 15.0. The molecule has 0 aliphatic heterocycles. The van der Waals surface area contributed by atoms with Crippen LogP contribution in [-0.2, 0) is 0 Å². The number of hydrogen-bond acceptors (Lipinski definition) is 2. The van der Waals surface area contributed by atoms with Crippen molar-refractivity contribution in [2.45, 2.75) is 107 Å². The van der Waals surface area contributed by atoms with E-state index < -0.39 is 0 Å². The molecule has 2 heteroatoms. The average Bonchev–Trinajstić information content (AvgIpc) is 2.81. The van der Waals surface area contributed by atoms with Crippen molar-refractivity contribution in [2.75, 3.05) is 11.5 Å². The molecule has 0 aliphatic carbocycles. The van der Waals surface area contributed by atoms with Crippen LogP contribution in [0.25, 0.3) is 11.1 Å².